The van der Waals surface area contributed by atoms with Gasteiger partial charge in [0, 0.05) is 30.5 Å². The molecule has 5 N–H and O–H groups in total. The van der Waals surface area contributed by atoms with E-state index in [0.717, 1.165) is 0 Å². The van der Waals surface area contributed by atoms with E-state index in [1.54, 1.807) is 0 Å². The normalized spacial score (nSPS) is 28.6. The second-order valence-corrected chi connectivity index (χ2v) is 6.26. The van der Waals surface area contributed by atoms with Gasteiger partial charge >= 0.3 is 0 Å². The number of aliphatic hydroxyl groups excluding tert-OH is 2. The van der Waals surface area contributed by atoms with Crippen LogP contribution in [0.3, 0.4) is 0 Å². The Labute approximate surface area is 128 Å². The van der Waals surface area contributed by atoms with Gasteiger partial charge in [-0.3, -0.25) is 9.78 Å². The molecule has 0 saturated carbocycles. The third-order valence-corrected chi connectivity index (χ3v) is 4.07. The van der Waals surface area contributed by atoms with Gasteiger partial charge in [0.2, 0.25) is 0 Å². The molecule has 0 aromatic carbocycles. The third kappa shape index (κ3) is 4.67. The Hall–Kier alpha value is -1.15. The molecule has 0 radical (unpaired) electrons. The average molecular weight is 330 g/mol. The van der Waals surface area contributed by atoms with Crippen LogP contribution in [0.5, 0.6) is 0 Å². The molecule has 2 rings (SSSR count). The van der Waals surface area contributed by atoms with E-state index in [-0.39, 0.29) is 12.6 Å². The molecule has 1 fully saturated rings. The Balaban J connectivity index is 1.97. The quantitative estimate of drug-likeness (QED) is 0.453. The molecule has 4 atom stereocenters. The van der Waals surface area contributed by atoms with E-state index >= 15 is 0 Å². The first kappa shape index (κ1) is 17.2. The summed E-state index contributed by atoms with van der Waals surface area (Å²) in [6.07, 6.45) is -0.241. The summed E-state index contributed by atoms with van der Waals surface area (Å²) in [6.45, 7) is 0. The van der Waals surface area contributed by atoms with Gasteiger partial charge in [0.25, 0.3) is 5.91 Å². The van der Waals surface area contributed by atoms with Gasteiger partial charge in [-0.25, -0.2) is 0 Å². The summed E-state index contributed by atoms with van der Waals surface area (Å²) in [5.41, 5.74) is 0.358. The summed E-state index contributed by atoms with van der Waals surface area (Å²) in [7, 11) is -2.04. The molecule has 4 unspecified atom stereocenters. The van der Waals surface area contributed by atoms with Crippen LogP contribution in [-0.4, -0.2) is 61.6 Å². The number of nitrogens with one attached hydrogen (secondary N) is 1. The zero-order valence-electron chi connectivity index (χ0n) is 11.7. The molecule has 122 valence electrons. The number of hydrogen-bond donors (Lipinski definition) is 5. The van der Waals surface area contributed by atoms with Gasteiger partial charge in [0.05, 0.1) is 12.2 Å². The van der Waals surface area contributed by atoms with Crippen LogP contribution in [0.15, 0.2) is 24.5 Å². The Morgan fingerprint density at radius 2 is 2.05 bits per heavy atom. The lowest BCUT2D eigenvalue weighted by Crippen LogP contribution is -2.56. The molecular formula is C13H19N2O6P. The monoisotopic (exact) mass is 330 g/mol. The molecule has 9 heteroatoms. The van der Waals surface area contributed by atoms with Crippen molar-refractivity contribution in [2.75, 3.05) is 6.16 Å². The molecule has 0 spiro atoms. The fraction of sp³-hybridized carbons (Fsp3) is 0.538. The minimum absolute atomic E-state index is 0.147. The standard InChI is InChI=1S/C13H19N2O6P/c16-10-7-9(3-6-22(19)20)21-13(11(10)17)15-12(18)8-1-4-14-5-2-8/h1-2,4-5,9-11,13,16-17,19-20H,3,6-7H2,(H,15,18). The highest BCUT2D eigenvalue weighted by atomic mass is 31.2. The fourth-order valence-corrected chi connectivity index (χ4v) is 2.75. The predicted octanol–water partition coefficient (Wildman–Crippen LogP) is -0.665. The number of amides is 1. The molecule has 0 aliphatic carbocycles. The highest BCUT2D eigenvalue weighted by Gasteiger charge is 2.37. The number of hydrogen-bond acceptors (Lipinski definition) is 7. The summed E-state index contributed by atoms with van der Waals surface area (Å²) in [6, 6.07) is 3.03. The van der Waals surface area contributed by atoms with Gasteiger partial charge in [0.15, 0.2) is 14.6 Å². The van der Waals surface area contributed by atoms with Crippen LogP contribution in [0, 0.1) is 0 Å². The first-order chi connectivity index (χ1) is 10.5. The van der Waals surface area contributed by atoms with E-state index in [1.165, 1.54) is 24.5 Å². The summed E-state index contributed by atoms with van der Waals surface area (Å²) in [5.74, 6) is -0.453. The van der Waals surface area contributed by atoms with E-state index in [0.29, 0.717) is 12.0 Å². The lowest BCUT2D eigenvalue weighted by molar-refractivity contribution is -0.175. The van der Waals surface area contributed by atoms with E-state index < -0.39 is 38.8 Å². The van der Waals surface area contributed by atoms with Crippen molar-refractivity contribution in [1.82, 2.24) is 10.3 Å². The Morgan fingerprint density at radius 3 is 2.68 bits per heavy atom. The molecule has 8 nitrogen and oxygen atoms in total. The Bertz CT molecular complexity index is 489. The lowest BCUT2D eigenvalue weighted by atomic mass is 10.00. The van der Waals surface area contributed by atoms with Gasteiger partial charge in [0.1, 0.15) is 6.10 Å². The minimum Gasteiger partial charge on any atom is -0.390 e. The SMILES string of the molecule is O=C(NC1OC(CCP(O)O)CC(O)C1O)c1ccncc1. The van der Waals surface area contributed by atoms with Crippen LogP contribution in [0.1, 0.15) is 23.2 Å². The van der Waals surface area contributed by atoms with Crippen molar-refractivity contribution in [2.24, 2.45) is 0 Å². The number of pyridine rings is 1. The topological polar surface area (TPSA) is 132 Å². The van der Waals surface area contributed by atoms with Crippen molar-refractivity contribution in [3.8, 4) is 0 Å². The van der Waals surface area contributed by atoms with Gasteiger partial charge in [-0.15, -0.1) is 0 Å². The van der Waals surface area contributed by atoms with Crippen molar-refractivity contribution in [1.29, 1.82) is 0 Å². The average Bonchev–Trinajstić information content (AvgIpc) is 2.50. The number of aliphatic hydroxyl groups is 2. The highest BCUT2D eigenvalue weighted by molar-refractivity contribution is 7.45. The molecule has 1 aliphatic heterocycles. The van der Waals surface area contributed by atoms with E-state index in [9.17, 15) is 15.0 Å². The van der Waals surface area contributed by atoms with Crippen LogP contribution in [0.4, 0.5) is 0 Å². The molecule has 22 heavy (non-hydrogen) atoms. The second-order valence-electron chi connectivity index (χ2n) is 5.07. The van der Waals surface area contributed by atoms with Crippen LogP contribution in [0.2, 0.25) is 0 Å². The molecule has 0 bridgehead atoms. The smallest absolute Gasteiger partial charge is 0.253 e. The molecule has 1 aliphatic rings. The number of aromatic nitrogens is 1. The molecule has 1 aromatic heterocycles. The maximum Gasteiger partial charge on any atom is 0.253 e. The van der Waals surface area contributed by atoms with Crippen molar-refractivity contribution in [3.05, 3.63) is 30.1 Å². The van der Waals surface area contributed by atoms with Crippen molar-refractivity contribution < 1.29 is 29.5 Å². The Kier molecular flexibility index (Phi) is 6.19. The first-order valence-corrected chi connectivity index (χ1v) is 8.28. The zero-order chi connectivity index (χ0) is 16.1. The Morgan fingerprint density at radius 1 is 1.36 bits per heavy atom. The summed E-state index contributed by atoms with van der Waals surface area (Å²) >= 11 is 0. The van der Waals surface area contributed by atoms with Gasteiger partial charge in [-0.1, -0.05) is 0 Å². The number of ether oxygens (including phenoxy) is 1. The van der Waals surface area contributed by atoms with E-state index in [2.05, 4.69) is 10.3 Å². The van der Waals surface area contributed by atoms with E-state index in [1.807, 2.05) is 0 Å². The highest BCUT2D eigenvalue weighted by Crippen LogP contribution is 2.28. The molecule has 1 aromatic rings. The largest absolute Gasteiger partial charge is 0.390 e. The third-order valence-electron chi connectivity index (χ3n) is 3.41. The van der Waals surface area contributed by atoms with Gasteiger partial charge in [-0.05, 0) is 18.6 Å². The lowest BCUT2D eigenvalue weighted by Gasteiger charge is -2.37. The summed E-state index contributed by atoms with van der Waals surface area (Å²) in [4.78, 5) is 33.7. The second kappa shape index (κ2) is 7.92. The molecular weight excluding hydrogens is 311 g/mol. The van der Waals surface area contributed by atoms with Crippen molar-refractivity contribution >= 4 is 14.3 Å². The number of nitrogens with zero attached hydrogens (tertiary/aromatic N) is 1. The van der Waals surface area contributed by atoms with Crippen molar-refractivity contribution in [2.45, 2.75) is 37.4 Å². The van der Waals surface area contributed by atoms with Crippen LogP contribution in [-0.2, 0) is 4.74 Å². The summed E-state index contributed by atoms with van der Waals surface area (Å²) in [5, 5.41) is 22.3. The molecule has 1 saturated heterocycles. The minimum atomic E-state index is -2.04. The number of carbonyl (C=O) groups excluding carboxylic acids is 1. The van der Waals surface area contributed by atoms with Crippen molar-refractivity contribution in [3.63, 3.8) is 0 Å². The number of rotatable bonds is 5. The maximum absolute atomic E-state index is 12.0. The predicted molar refractivity (Wildman–Crippen MR) is 77.8 cm³/mol. The first-order valence-electron chi connectivity index (χ1n) is 6.85. The summed E-state index contributed by atoms with van der Waals surface area (Å²) < 4.78 is 5.54. The van der Waals surface area contributed by atoms with E-state index in [4.69, 9.17) is 14.5 Å². The van der Waals surface area contributed by atoms with Gasteiger partial charge in [-0.2, -0.15) is 0 Å². The number of carbonyl (C=O) groups is 1. The molecule has 2 heterocycles. The molecule has 1 amide bonds. The zero-order valence-corrected chi connectivity index (χ0v) is 12.6. The van der Waals surface area contributed by atoms with Crippen LogP contribution in [0.25, 0.3) is 0 Å². The van der Waals surface area contributed by atoms with Crippen LogP contribution < -0.4 is 5.32 Å². The van der Waals surface area contributed by atoms with Crippen LogP contribution >= 0.6 is 8.38 Å². The fourth-order valence-electron chi connectivity index (χ4n) is 2.23. The maximum atomic E-state index is 12.0. The van der Waals surface area contributed by atoms with Gasteiger partial charge < -0.3 is 30.1 Å².